The summed E-state index contributed by atoms with van der Waals surface area (Å²) in [6, 6.07) is 44.5. The van der Waals surface area contributed by atoms with Crippen LogP contribution in [0, 0.1) is 5.41 Å². The molecule has 0 fully saturated rings. The summed E-state index contributed by atoms with van der Waals surface area (Å²) in [6.07, 6.45) is 20.5. The van der Waals surface area contributed by atoms with E-state index in [1.54, 1.807) is 60.7 Å². The predicted octanol–water partition coefficient (Wildman–Crippen LogP) is 14.8. The van der Waals surface area contributed by atoms with E-state index in [0.717, 1.165) is 129 Å². The number of anilines is 2. The zero-order valence-electron chi connectivity index (χ0n) is 48.1. The monoisotopic (exact) mass is 1120 g/mol. The minimum Gasteiger partial charge on any atom is -0.494 e. The quantitative estimate of drug-likeness (QED) is 0.0123. The lowest BCUT2D eigenvalue weighted by molar-refractivity contribution is -0.160. The first kappa shape index (κ1) is 63.2. The van der Waals surface area contributed by atoms with Crippen LogP contribution < -0.4 is 39.9 Å². The lowest BCUT2D eigenvalue weighted by Crippen LogP contribution is -2.42. The van der Waals surface area contributed by atoms with Crippen LogP contribution in [-0.4, -0.2) is 64.2 Å². The summed E-state index contributed by atoms with van der Waals surface area (Å²) in [7, 11) is 0. The lowest BCUT2D eigenvalue weighted by atomic mass is 9.77. The Morgan fingerprint density at radius 1 is 0.390 bits per heavy atom. The topological polar surface area (TPSA) is 177 Å². The van der Waals surface area contributed by atoms with E-state index >= 15 is 0 Å². The van der Waals surface area contributed by atoms with Gasteiger partial charge in [0.1, 0.15) is 34.5 Å². The molecule has 0 amide bonds. The van der Waals surface area contributed by atoms with Crippen molar-refractivity contribution in [3.63, 3.8) is 0 Å². The van der Waals surface area contributed by atoms with Crippen molar-refractivity contribution in [1.82, 2.24) is 0 Å². The first-order valence-corrected chi connectivity index (χ1v) is 29.2. The second-order valence-corrected chi connectivity index (χ2v) is 20.5. The van der Waals surface area contributed by atoms with Gasteiger partial charge < -0.3 is 49.4 Å². The van der Waals surface area contributed by atoms with Crippen LogP contribution >= 0.6 is 0 Å². The zero-order valence-corrected chi connectivity index (χ0v) is 48.1. The van der Waals surface area contributed by atoms with Gasteiger partial charge in [0.25, 0.3) is 0 Å². The molecule has 0 bridgehead atoms. The fourth-order valence-corrected chi connectivity index (χ4v) is 8.87. The van der Waals surface area contributed by atoms with Gasteiger partial charge in [0.2, 0.25) is 0 Å². The summed E-state index contributed by atoms with van der Waals surface area (Å²) < 4.78 is 46.9. The minimum absolute atomic E-state index is 0.185. The third kappa shape index (κ3) is 24.4. The van der Waals surface area contributed by atoms with E-state index in [2.05, 4.69) is 13.8 Å². The van der Waals surface area contributed by atoms with Gasteiger partial charge in [0.05, 0.1) is 45.1 Å². The van der Waals surface area contributed by atoms with Crippen LogP contribution in [0.25, 0.3) is 12.2 Å². The van der Waals surface area contributed by atoms with Crippen LogP contribution in [0.4, 0.5) is 11.4 Å². The van der Waals surface area contributed by atoms with Crippen molar-refractivity contribution < 1.29 is 52.3 Å². The molecule has 0 unspecified atom stereocenters. The summed E-state index contributed by atoms with van der Waals surface area (Å²) in [5, 5.41) is 0. The Hall–Kier alpha value is -8.03. The minimum atomic E-state index is -0.997. The number of benzene rings is 6. The fraction of sp³-hybridized carbons (Fsp3) is 0.377. The van der Waals surface area contributed by atoms with Gasteiger partial charge in [-0.15, -0.1) is 0 Å². The van der Waals surface area contributed by atoms with Gasteiger partial charge in [-0.05, 0) is 202 Å². The number of ether oxygens (including phenoxy) is 8. The molecule has 0 saturated carbocycles. The maximum absolute atomic E-state index is 14.4. The molecule has 0 saturated heterocycles. The Balaban J connectivity index is 0.884. The summed E-state index contributed by atoms with van der Waals surface area (Å²) >= 11 is 0. The molecule has 0 aromatic heterocycles. The molecule has 4 N–H and O–H groups in total. The Bertz CT molecular complexity index is 2770. The number of nitrogens with two attached hydrogens (primary N) is 2. The van der Waals surface area contributed by atoms with Crippen LogP contribution in [0.2, 0.25) is 0 Å². The highest BCUT2D eigenvalue weighted by Gasteiger charge is 2.41. The number of carbonyl (C=O) groups excluding carboxylic acids is 3. The number of esters is 3. The number of unbranched alkanes of at least 4 members (excludes halogenated alkanes) is 10. The largest absolute Gasteiger partial charge is 0.494 e. The predicted molar refractivity (Wildman–Crippen MR) is 326 cm³/mol. The van der Waals surface area contributed by atoms with Gasteiger partial charge in [-0.2, -0.15) is 0 Å². The van der Waals surface area contributed by atoms with E-state index in [1.807, 2.05) is 97.1 Å². The molecule has 6 rings (SSSR count). The molecule has 0 aliphatic carbocycles. The molecule has 82 heavy (non-hydrogen) atoms. The maximum atomic E-state index is 14.4. The highest BCUT2D eigenvalue weighted by atomic mass is 16.5. The molecule has 0 aliphatic heterocycles. The molecule has 436 valence electrons. The third-order valence-electron chi connectivity index (χ3n) is 13.5. The molecule has 6 aromatic rings. The van der Waals surface area contributed by atoms with E-state index in [0.29, 0.717) is 81.8 Å². The van der Waals surface area contributed by atoms with Crippen LogP contribution in [0.3, 0.4) is 0 Å². The van der Waals surface area contributed by atoms with E-state index in [1.165, 1.54) is 12.2 Å². The number of hydrogen-bond acceptors (Lipinski definition) is 13. The number of carbonyl (C=O) groups is 3. The van der Waals surface area contributed by atoms with Gasteiger partial charge in [-0.3, -0.25) is 4.79 Å². The summed E-state index contributed by atoms with van der Waals surface area (Å²) in [4.78, 5) is 39.3. The Labute approximate surface area is 485 Å². The van der Waals surface area contributed by atoms with Crippen molar-refractivity contribution in [3.8, 4) is 34.5 Å². The molecule has 6 aromatic carbocycles. The normalized spacial score (nSPS) is 11.4. The Morgan fingerprint density at radius 3 is 1.10 bits per heavy atom. The summed E-state index contributed by atoms with van der Waals surface area (Å²) in [5.74, 6) is 2.69. The van der Waals surface area contributed by atoms with Crippen molar-refractivity contribution in [2.45, 2.75) is 117 Å². The lowest BCUT2D eigenvalue weighted by Gasteiger charge is -2.32. The second kappa shape index (κ2) is 36.3. The van der Waals surface area contributed by atoms with E-state index < -0.39 is 17.4 Å². The van der Waals surface area contributed by atoms with Gasteiger partial charge in [-0.25, -0.2) is 9.59 Å². The van der Waals surface area contributed by atoms with Crippen molar-refractivity contribution in [2.24, 2.45) is 5.41 Å². The van der Waals surface area contributed by atoms with Gasteiger partial charge in [-0.1, -0.05) is 94.5 Å². The maximum Gasteiger partial charge on any atom is 0.336 e. The number of nitrogen functional groups attached to an aromatic ring is 2. The zero-order chi connectivity index (χ0) is 57.9. The van der Waals surface area contributed by atoms with Crippen molar-refractivity contribution in [2.75, 3.05) is 57.7 Å². The standard InChI is InChI=1S/C69H84N2O11/c1-3-5-11-46-76-62-35-39-64(40-36-62)81-66(72)43-25-54-21-31-60(32-22-54)78-48-14-8-7-13-45-75-53-69(51-56-17-27-58(70)28-18-56,52-57-19-29-59(71)30-20-57)68(74)80-50-16-10-9-15-49-79-61-33-23-55(24-34-61)26-44-67(73)82-65-41-37-63(38-42-65)77-47-12-6-4-2/h17-44H,3-16,45-53,70-71H2,1-2H3/b43-25+,44-26+. The first-order valence-electron chi connectivity index (χ1n) is 29.2. The Kier molecular flexibility index (Phi) is 28.0. The van der Waals surface area contributed by atoms with Crippen LogP contribution in [0.1, 0.15) is 126 Å². The second-order valence-electron chi connectivity index (χ2n) is 20.5. The molecular formula is C69H84N2O11. The van der Waals surface area contributed by atoms with E-state index in [-0.39, 0.29) is 12.6 Å². The molecule has 13 heteroatoms. The van der Waals surface area contributed by atoms with E-state index in [9.17, 15) is 14.4 Å². The average molecular weight is 1120 g/mol. The molecule has 0 atom stereocenters. The van der Waals surface area contributed by atoms with Gasteiger partial charge in [0.15, 0.2) is 0 Å². The highest BCUT2D eigenvalue weighted by molar-refractivity contribution is 5.89. The molecule has 0 heterocycles. The van der Waals surface area contributed by atoms with Crippen LogP contribution in [0.5, 0.6) is 34.5 Å². The third-order valence-corrected chi connectivity index (χ3v) is 13.5. The highest BCUT2D eigenvalue weighted by Crippen LogP contribution is 2.32. The molecule has 13 nitrogen and oxygen atoms in total. The number of rotatable bonds is 39. The smallest absolute Gasteiger partial charge is 0.336 e. The van der Waals surface area contributed by atoms with Gasteiger partial charge in [0, 0.05) is 30.1 Å². The van der Waals surface area contributed by atoms with Crippen LogP contribution in [-0.2, 0) is 36.7 Å². The van der Waals surface area contributed by atoms with Crippen LogP contribution in [0.15, 0.2) is 158 Å². The molecule has 0 radical (unpaired) electrons. The SMILES string of the molecule is CCCCCOc1ccc(OC(=O)/C=C/c2ccc(OCCCCCCOCC(Cc3ccc(N)cc3)(Cc3ccc(N)cc3)C(=O)OCCCCCCOc3ccc(/C=C/C(=O)Oc4ccc(OCCCCC)cc4)cc3)cc2)cc1. The summed E-state index contributed by atoms with van der Waals surface area (Å²) in [5.41, 5.74) is 16.1. The number of hydrogen-bond donors (Lipinski definition) is 2. The van der Waals surface area contributed by atoms with Crippen molar-refractivity contribution in [3.05, 3.63) is 180 Å². The Morgan fingerprint density at radius 2 is 0.720 bits per heavy atom. The summed E-state index contributed by atoms with van der Waals surface area (Å²) in [6.45, 7) is 7.74. The van der Waals surface area contributed by atoms with Crippen molar-refractivity contribution >= 4 is 41.4 Å². The molecular weight excluding hydrogens is 1030 g/mol. The van der Waals surface area contributed by atoms with Gasteiger partial charge >= 0.3 is 17.9 Å². The molecule has 0 spiro atoms. The average Bonchev–Trinajstić information content (AvgIpc) is 3.51. The molecule has 0 aliphatic rings. The van der Waals surface area contributed by atoms with E-state index in [4.69, 9.17) is 49.4 Å². The fourth-order valence-electron chi connectivity index (χ4n) is 8.87. The first-order chi connectivity index (χ1) is 40.1. The van der Waals surface area contributed by atoms with Crippen molar-refractivity contribution in [1.29, 1.82) is 0 Å².